The Kier molecular flexibility index (Phi) is 1.34. The van der Waals surface area contributed by atoms with Gasteiger partial charge in [-0.25, -0.2) is 4.79 Å². The first-order valence-electron chi connectivity index (χ1n) is 2.61. The van der Waals surface area contributed by atoms with Crippen LogP contribution in [0.4, 0.5) is 0 Å². The zero-order chi connectivity index (χ0) is 6.85. The first kappa shape index (κ1) is 6.01. The Bertz CT molecular complexity index is 163. The summed E-state index contributed by atoms with van der Waals surface area (Å²) in [6.45, 7) is 3.46. The van der Waals surface area contributed by atoms with Gasteiger partial charge in [-0.1, -0.05) is 6.58 Å². The van der Waals surface area contributed by atoms with E-state index in [0.717, 1.165) is 0 Å². The Hall–Kier alpha value is -1.12. The lowest BCUT2D eigenvalue weighted by Gasteiger charge is -2.10. The highest BCUT2D eigenvalue weighted by atomic mass is 16.5. The van der Waals surface area contributed by atoms with Crippen molar-refractivity contribution in [3.63, 3.8) is 0 Å². The Morgan fingerprint density at radius 2 is 2.11 bits per heavy atom. The summed E-state index contributed by atoms with van der Waals surface area (Å²) in [6, 6.07) is 0. The van der Waals surface area contributed by atoms with Gasteiger partial charge in [0.25, 0.3) is 0 Å². The Balaban J connectivity index is 2.74. The molecule has 0 bridgehead atoms. The van der Waals surface area contributed by atoms with Gasteiger partial charge in [-0.3, -0.25) is 4.79 Å². The van der Waals surface area contributed by atoms with Gasteiger partial charge < -0.3 is 4.74 Å². The van der Waals surface area contributed by atoms with E-state index < -0.39 is 5.97 Å². The topological polar surface area (TPSA) is 43.4 Å². The number of ketones is 1. The monoisotopic (exact) mass is 126 g/mol. The van der Waals surface area contributed by atoms with Crippen LogP contribution in [-0.4, -0.2) is 18.4 Å². The minimum Gasteiger partial charge on any atom is -0.462 e. The smallest absolute Gasteiger partial charge is 0.341 e. The number of rotatable bonds is 0. The molecule has 1 aliphatic heterocycles. The molecule has 0 atom stereocenters. The summed E-state index contributed by atoms with van der Waals surface area (Å²) in [7, 11) is 0. The van der Waals surface area contributed by atoms with Gasteiger partial charge in [0.15, 0.2) is 5.78 Å². The lowest BCUT2D eigenvalue weighted by Crippen LogP contribution is -2.23. The van der Waals surface area contributed by atoms with Crippen molar-refractivity contribution >= 4 is 11.8 Å². The van der Waals surface area contributed by atoms with Gasteiger partial charge >= 0.3 is 5.97 Å². The summed E-state index contributed by atoms with van der Waals surface area (Å²) in [5, 5.41) is 0. The van der Waals surface area contributed by atoms with Crippen LogP contribution in [0.5, 0.6) is 0 Å². The van der Waals surface area contributed by atoms with Crippen LogP contribution >= 0.6 is 0 Å². The van der Waals surface area contributed by atoms with Crippen LogP contribution in [0.25, 0.3) is 0 Å². The van der Waals surface area contributed by atoms with Gasteiger partial charge in [0.05, 0.1) is 12.2 Å². The summed E-state index contributed by atoms with van der Waals surface area (Å²) in [6.07, 6.45) is 0.282. The average molecular weight is 126 g/mol. The van der Waals surface area contributed by atoms with Gasteiger partial charge in [0, 0.05) is 6.42 Å². The van der Waals surface area contributed by atoms with Crippen LogP contribution in [0.2, 0.25) is 0 Å². The molecule has 0 aromatic carbocycles. The second-order valence-electron chi connectivity index (χ2n) is 1.79. The number of cyclic esters (lactones) is 1. The van der Waals surface area contributed by atoms with Crippen LogP contribution in [0, 0.1) is 0 Å². The number of esters is 1. The second kappa shape index (κ2) is 2.01. The van der Waals surface area contributed by atoms with Gasteiger partial charge in [-0.05, 0) is 0 Å². The largest absolute Gasteiger partial charge is 0.462 e. The first-order valence-corrected chi connectivity index (χ1v) is 2.61. The van der Waals surface area contributed by atoms with E-state index >= 15 is 0 Å². The molecule has 1 heterocycles. The molecule has 9 heavy (non-hydrogen) atoms. The number of carbonyl (C=O) groups excluding carboxylic acids is 2. The second-order valence-corrected chi connectivity index (χ2v) is 1.79. The molecule has 1 fully saturated rings. The Morgan fingerprint density at radius 3 is 2.56 bits per heavy atom. The summed E-state index contributed by atoms with van der Waals surface area (Å²) in [4.78, 5) is 21.1. The van der Waals surface area contributed by atoms with Gasteiger partial charge in [0.2, 0.25) is 0 Å². The maximum Gasteiger partial charge on any atom is 0.341 e. The standard InChI is InChI=1S/C6H6O3/c1-4-5(7)2-3-9-6(4)8/h1-3H2. The molecule has 0 spiro atoms. The fraction of sp³-hybridized carbons (Fsp3) is 0.333. The quantitative estimate of drug-likeness (QED) is 0.262. The molecular weight excluding hydrogens is 120 g/mol. The summed E-state index contributed by atoms with van der Waals surface area (Å²) < 4.78 is 4.50. The third kappa shape index (κ3) is 0.988. The van der Waals surface area contributed by atoms with E-state index in [9.17, 15) is 9.59 Å². The zero-order valence-electron chi connectivity index (χ0n) is 4.85. The third-order valence-corrected chi connectivity index (χ3v) is 1.15. The highest BCUT2D eigenvalue weighted by Crippen LogP contribution is 2.06. The van der Waals surface area contributed by atoms with Gasteiger partial charge in [-0.2, -0.15) is 0 Å². The van der Waals surface area contributed by atoms with E-state index in [4.69, 9.17) is 0 Å². The summed E-state index contributed by atoms with van der Waals surface area (Å²) in [5.74, 6) is -0.780. The van der Waals surface area contributed by atoms with Crippen molar-refractivity contribution in [2.24, 2.45) is 0 Å². The van der Waals surface area contributed by atoms with E-state index in [1.54, 1.807) is 0 Å². The molecule has 1 aliphatic rings. The molecule has 0 unspecified atom stereocenters. The number of carbonyl (C=O) groups is 2. The van der Waals surface area contributed by atoms with E-state index in [1.165, 1.54) is 0 Å². The zero-order valence-corrected chi connectivity index (χ0v) is 4.85. The average Bonchev–Trinajstić information content (AvgIpc) is 1.83. The molecular formula is C6H6O3. The summed E-state index contributed by atoms with van der Waals surface area (Å²) in [5.41, 5.74) is -0.0266. The van der Waals surface area contributed by atoms with E-state index in [2.05, 4.69) is 11.3 Å². The van der Waals surface area contributed by atoms with Crippen LogP contribution in [0.3, 0.4) is 0 Å². The molecule has 0 amide bonds. The molecule has 0 aromatic rings. The Labute approximate surface area is 52.3 Å². The van der Waals surface area contributed by atoms with E-state index in [0.29, 0.717) is 0 Å². The van der Waals surface area contributed by atoms with Crippen molar-refractivity contribution in [3.8, 4) is 0 Å². The molecule has 0 saturated carbocycles. The predicted molar refractivity (Wildman–Crippen MR) is 29.7 cm³/mol. The molecule has 1 rings (SSSR count). The van der Waals surface area contributed by atoms with Crippen molar-refractivity contribution < 1.29 is 14.3 Å². The number of Topliss-reactive ketones (excluding diaryl/α,β-unsaturated/α-hetero) is 1. The molecule has 0 N–H and O–H groups in total. The van der Waals surface area contributed by atoms with Crippen LogP contribution in [-0.2, 0) is 14.3 Å². The highest BCUT2D eigenvalue weighted by molar-refractivity contribution is 6.17. The fourth-order valence-electron chi connectivity index (χ4n) is 0.588. The summed E-state index contributed by atoms with van der Waals surface area (Å²) >= 11 is 0. The minimum atomic E-state index is -0.578. The molecule has 3 nitrogen and oxygen atoms in total. The van der Waals surface area contributed by atoms with Crippen molar-refractivity contribution in [3.05, 3.63) is 12.2 Å². The third-order valence-electron chi connectivity index (χ3n) is 1.15. The predicted octanol–water partition coefficient (Wildman–Crippen LogP) is 0.0586. The molecule has 0 aromatic heterocycles. The number of hydrogen-bond acceptors (Lipinski definition) is 3. The maximum atomic E-state index is 10.6. The van der Waals surface area contributed by atoms with Crippen molar-refractivity contribution in [1.29, 1.82) is 0 Å². The highest BCUT2D eigenvalue weighted by Gasteiger charge is 2.21. The van der Waals surface area contributed by atoms with Crippen molar-refractivity contribution in [2.75, 3.05) is 6.61 Å². The van der Waals surface area contributed by atoms with Crippen LogP contribution < -0.4 is 0 Å². The molecule has 48 valence electrons. The molecule has 3 heteroatoms. The molecule has 1 saturated heterocycles. The van der Waals surface area contributed by atoms with Gasteiger partial charge in [-0.15, -0.1) is 0 Å². The van der Waals surface area contributed by atoms with E-state index in [1.807, 2.05) is 0 Å². The maximum absolute atomic E-state index is 10.6. The molecule has 0 aliphatic carbocycles. The van der Waals surface area contributed by atoms with Crippen LogP contribution in [0.1, 0.15) is 6.42 Å². The number of hydrogen-bond donors (Lipinski definition) is 0. The lowest BCUT2D eigenvalue weighted by atomic mass is 10.1. The first-order chi connectivity index (χ1) is 4.22. The fourth-order valence-corrected chi connectivity index (χ4v) is 0.588. The Morgan fingerprint density at radius 1 is 1.44 bits per heavy atom. The SMILES string of the molecule is C=C1C(=O)CCOC1=O. The number of ether oxygens (including phenoxy) is 1. The van der Waals surface area contributed by atoms with E-state index in [-0.39, 0.29) is 24.4 Å². The van der Waals surface area contributed by atoms with Crippen molar-refractivity contribution in [1.82, 2.24) is 0 Å². The van der Waals surface area contributed by atoms with Gasteiger partial charge in [0.1, 0.15) is 0 Å². The van der Waals surface area contributed by atoms with Crippen molar-refractivity contribution in [2.45, 2.75) is 6.42 Å². The van der Waals surface area contributed by atoms with Crippen LogP contribution in [0.15, 0.2) is 12.2 Å². The lowest BCUT2D eigenvalue weighted by molar-refractivity contribution is -0.144. The normalized spacial score (nSPS) is 19.8. The minimum absolute atomic E-state index is 0.0266. The molecule has 0 radical (unpaired) electrons.